The molecule has 0 saturated carbocycles. The lowest BCUT2D eigenvalue weighted by Crippen LogP contribution is -2.48. The van der Waals surface area contributed by atoms with Crippen molar-refractivity contribution in [1.82, 2.24) is 10.1 Å². The summed E-state index contributed by atoms with van der Waals surface area (Å²) in [6, 6.07) is 7.53. The number of hydrogen-bond acceptors (Lipinski definition) is 2. The molecule has 1 aromatic rings. The molecule has 1 saturated heterocycles. The quantitative estimate of drug-likeness (QED) is 0.671. The highest BCUT2D eigenvalue weighted by Gasteiger charge is 2.27. The number of hydrogen-bond donors (Lipinski definition) is 1. The third-order valence-electron chi connectivity index (χ3n) is 2.64. The average Bonchev–Trinajstić information content (AvgIpc) is 2.20. The van der Waals surface area contributed by atoms with Crippen LogP contribution in [0.1, 0.15) is 17.2 Å². The first-order chi connectivity index (χ1) is 7.18. The van der Waals surface area contributed by atoms with Crippen molar-refractivity contribution >= 4 is 13.9 Å². The van der Waals surface area contributed by atoms with Crippen LogP contribution in [0, 0.1) is 6.92 Å². The smallest absolute Gasteiger partial charge is 0.240 e. The fraction of sp³-hybridized carbons (Fsp3) is 0.364. The van der Waals surface area contributed by atoms with Crippen molar-refractivity contribution in [2.24, 2.45) is 0 Å². The van der Waals surface area contributed by atoms with Crippen LogP contribution >= 0.6 is 0 Å². The Kier molecular flexibility index (Phi) is 2.78. The van der Waals surface area contributed by atoms with Crippen LogP contribution < -0.4 is 5.32 Å². The lowest BCUT2D eigenvalue weighted by molar-refractivity contribution is -0.126. The number of rotatable bonds is 1. The van der Waals surface area contributed by atoms with E-state index in [1.807, 2.05) is 31.2 Å². The molecule has 1 amide bonds. The molecular formula is C11H13BN2O. The predicted octanol–water partition coefficient (Wildman–Crippen LogP) is 0.551. The summed E-state index contributed by atoms with van der Waals surface area (Å²) in [5, 5.41) is 2.82. The lowest BCUT2D eigenvalue weighted by atomic mass is 9.98. The maximum Gasteiger partial charge on any atom is 0.240 e. The molecule has 1 aliphatic rings. The fourth-order valence-corrected chi connectivity index (χ4v) is 1.78. The van der Waals surface area contributed by atoms with Gasteiger partial charge in [-0.05, 0) is 12.5 Å². The van der Waals surface area contributed by atoms with Gasteiger partial charge in [-0.2, -0.15) is 0 Å². The zero-order valence-corrected chi connectivity index (χ0v) is 8.73. The summed E-state index contributed by atoms with van der Waals surface area (Å²) in [5.41, 5.74) is 2.12. The zero-order chi connectivity index (χ0) is 10.8. The van der Waals surface area contributed by atoms with Gasteiger partial charge in [0.1, 0.15) is 6.04 Å². The molecule has 1 aliphatic heterocycles. The summed E-state index contributed by atoms with van der Waals surface area (Å²) in [5.74, 6) is -0.0207. The second-order valence-electron chi connectivity index (χ2n) is 3.84. The normalized spacial score (nSPS) is 22.5. The Morgan fingerprint density at radius 2 is 2.07 bits per heavy atom. The van der Waals surface area contributed by atoms with Gasteiger partial charge in [0.15, 0.2) is 7.98 Å². The standard InChI is InChI=1S/C11H13BN2O/c1-8-2-4-9(5-3-8)10-11(15)13-6-7-14(10)12/h2-5,10H,6-7H2,1H3,(H,13,15). The van der Waals surface area contributed by atoms with E-state index < -0.39 is 0 Å². The number of nitrogens with zero attached hydrogens (tertiary/aromatic N) is 1. The van der Waals surface area contributed by atoms with E-state index in [-0.39, 0.29) is 11.9 Å². The zero-order valence-electron chi connectivity index (χ0n) is 8.73. The molecule has 76 valence electrons. The van der Waals surface area contributed by atoms with Crippen molar-refractivity contribution < 1.29 is 4.79 Å². The molecule has 2 radical (unpaired) electrons. The third-order valence-corrected chi connectivity index (χ3v) is 2.64. The van der Waals surface area contributed by atoms with Gasteiger partial charge in [0.2, 0.25) is 5.91 Å². The van der Waals surface area contributed by atoms with Crippen LogP contribution in [-0.4, -0.2) is 31.8 Å². The molecule has 2 rings (SSSR count). The topological polar surface area (TPSA) is 32.3 Å². The number of amides is 1. The first-order valence-electron chi connectivity index (χ1n) is 5.04. The van der Waals surface area contributed by atoms with E-state index in [2.05, 4.69) is 5.32 Å². The molecule has 3 nitrogen and oxygen atoms in total. The number of aryl methyl sites for hydroxylation is 1. The van der Waals surface area contributed by atoms with E-state index in [0.717, 1.165) is 5.56 Å². The Balaban J connectivity index is 2.27. The van der Waals surface area contributed by atoms with E-state index in [4.69, 9.17) is 7.98 Å². The molecule has 0 aliphatic carbocycles. The van der Waals surface area contributed by atoms with Gasteiger partial charge in [0.05, 0.1) is 0 Å². The summed E-state index contributed by atoms with van der Waals surface area (Å²) < 4.78 is 0. The van der Waals surface area contributed by atoms with Crippen LogP contribution in [0.2, 0.25) is 0 Å². The molecule has 1 fully saturated rings. The third kappa shape index (κ3) is 2.05. The summed E-state index contributed by atoms with van der Waals surface area (Å²) >= 11 is 0. The van der Waals surface area contributed by atoms with Crippen LogP contribution in [0.15, 0.2) is 24.3 Å². The number of carbonyl (C=O) groups excluding carboxylic acids is 1. The first-order valence-corrected chi connectivity index (χ1v) is 5.04. The Morgan fingerprint density at radius 1 is 1.40 bits per heavy atom. The van der Waals surface area contributed by atoms with Crippen molar-refractivity contribution in [3.05, 3.63) is 35.4 Å². The summed E-state index contributed by atoms with van der Waals surface area (Å²) in [6.07, 6.45) is 0. The van der Waals surface area contributed by atoms with Crippen LogP contribution in [0.3, 0.4) is 0 Å². The summed E-state index contributed by atoms with van der Waals surface area (Å²) in [4.78, 5) is 13.2. The minimum atomic E-state index is -0.348. The Bertz CT molecular complexity index is 363. The van der Waals surface area contributed by atoms with E-state index in [1.54, 1.807) is 4.81 Å². The van der Waals surface area contributed by atoms with Gasteiger partial charge < -0.3 is 10.1 Å². The van der Waals surface area contributed by atoms with Crippen LogP contribution in [-0.2, 0) is 4.79 Å². The second-order valence-corrected chi connectivity index (χ2v) is 3.84. The number of carbonyl (C=O) groups is 1. The fourth-order valence-electron chi connectivity index (χ4n) is 1.78. The first kappa shape index (κ1) is 10.2. The summed E-state index contributed by atoms with van der Waals surface area (Å²) in [6.45, 7) is 3.33. The largest absolute Gasteiger partial charge is 0.353 e. The number of nitrogens with one attached hydrogen (secondary N) is 1. The van der Waals surface area contributed by atoms with Gasteiger partial charge in [-0.25, -0.2) is 0 Å². The van der Waals surface area contributed by atoms with Gasteiger partial charge >= 0.3 is 0 Å². The lowest BCUT2D eigenvalue weighted by Gasteiger charge is -2.32. The molecule has 0 bridgehead atoms. The van der Waals surface area contributed by atoms with Gasteiger partial charge in [0, 0.05) is 13.1 Å². The van der Waals surface area contributed by atoms with E-state index >= 15 is 0 Å². The minimum absolute atomic E-state index is 0.0207. The van der Waals surface area contributed by atoms with Crippen molar-refractivity contribution in [2.75, 3.05) is 13.1 Å². The maximum atomic E-state index is 11.7. The molecule has 0 aromatic heterocycles. The SMILES string of the molecule is [B]N1CCNC(=O)C1c1ccc(C)cc1. The molecular weight excluding hydrogens is 187 g/mol. The highest BCUT2D eigenvalue weighted by molar-refractivity contribution is 6.07. The molecule has 0 spiro atoms. The highest BCUT2D eigenvalue weighted by atomic mass is 16.2. The van der Waals surface area contributed by atoms with Gasteiger partial charge in [-0.1, -0.05) is 29.8 Å². The predicted molar refractivity (Wildman–Crippen MR) is 59.4 cm³/mol. The highest BCUT2D eigenvalue weighted by Crippen LogP contribution is 2.21. The molecule has 15 heavy (non-hydrogen) atoms. The molecule has 1 unspecified atom stereocenters. The molecule has 1 atom stereocenters. The summed E-state index contributed by atoms with van der Waals surface area (Å²) in [7, 11) is 5.81. The molecule has 1 heterocycles. The molecule has 1 N–H and O–H groups in total. The Labute approximate surface area is 90.9 Å². The monoisotopic (exact) mass is 200 g/mol. The van der Waals surface area contributed by atoms with Crippen molar-refractivity contribution in [3.8, 4) is 0 Å². The second kappa shape index (κ2) is 4.07. The van der Waals surface area contributed by atoms with E-state index in [1.165, 1.54) is 5.56 Å². The Morgan fingerprint density at radius 3 is 2.67 bits per heavy atom. The minimum Gasteiger partial charge on any atom is -0.353 e. The molecule has 4 heteroatoms. The van der Waals surface area contributed by atoms with Crippen LogP contribution in [0.5, 0.6) is 0 Å². The molecule has 1 aromatic carbocycles. The van der Waals surface area contributed by atoms with E-state index in [9.17, 15) is 4.79 Å². The van der Waals surface area contributed by atoms with Crippen LogP contribution in [0.4, 0.5) is 0 Å². The average molecular weight is 200 g/mol. The van der Waals surface area contributed by atoms with Crippen LogP contribution in [0.25, 0.3) is 0 Å². The maximum absolute atomic E-state index is 11.7. The van der Waals surface area contributed by atoms with Crippen molar-refractivity contribution in [1.29, 1.82) is 0 Å². The van der Waals surface area contributed by atoms with Gasteiger partial charge in [-0.15, -0.1) is 0 Å². The van der Waals surface area contributed by atoms with Crippen molar-refractivity contribution in [3.63, 3.8) is 0 Å². The van der Waals surface area contributed by atoms with E-state index in [0.29, 0.717) is 13.1 Å². The van der Waals surface area contributed by atoms with Gasteiger partial charge in [-0.3, -0.25) is 4.79 Å². The van der Waals surface area contributed by atoms with Crippen molar-refractivity contribution in [2.45, 2.75) is 13.0 Å². The Hall–Kier alpha value is -1.29. The van der Waals surface area contributed by atoms with Gasteiger partial charge in [0.25, 0.3) is 0 Å². The number of piperazine rings is 1. The number of benzene rings is 1.